The summed E-state index contributed by atoms with van der Waals surface area (Å²) in [6.45, 7) is 10.9. The lowest BCUT2D eigenvalue weighted by molar-refractivity contribution is -0.119. The second-order valence-corrected chi connectivity index (χ2v) is 17.5. The SMILES string of the molecule is Cc1ccc(S(=O)(=O)Oc2c(Br)cc(C3C4=C(CC(C)(C)CC4=O)N(Cc4ccccc4)C4=C3C(=O)CC(C)(C)C4)cc2Br)cc1. The average Bonchev–Trinajstić information content (AvgIpc) is 2.95. The van der Waals surface area contributed by atoms with E-state index in [4.69, 9.17) is 4.18 Å². The van der Waals surface area contributed by atoms with Crippen LogP contribution in [0.5, 0.6) is 5.75 Å². The van der Waals surface area contributed by atoms with Crippen LogP contribution in [0.25, 0.3) is 0 Å². The van der Waals surface area contributed by atoms with Gasteiger partial charge in [-0.05, 0) is 97.8 Å². The van der Waals surface area contributed by atoms with Gasteiger partial charge in [-0.25, -0.2) is 0 Å². The van der Waals surface area contributed by atoms with E-state index in [0.717, 1.165) is 28.1 Å². The van der Waals surface area contributed by atoms with Crippen molar-refractivity contribution in [1.82, 2.24) is 4.90 Å². The maximum Gasteiger partial charge on any atom is 0.339 e. The maximum atomic E-state index is 14.2. The molecule has 0 saturated carbocycles. The number of Topliss-reactive ketones (excluding diaryl/α,β-unsaturated/α-hetero) is 2. The van der Waals surface area contributed by atoms with Crippen molar-refractivity contribution in [3.63, 3.8) is 0 Å². The van der Waals surface area contributed by atoms with Crippen molar-refractivity contribution in [3.8, 4) is 5.75 Å². The van der Waals surface area contributed by atoms with Crippen LogP contribution in [0.4, 0.5) is 0 Å². The number of aryl methyl sites for hydroxylation is 1. The number of halogens is 2. The second kappa shape index (κ2) is 11.9. The highest BCUT2D eigenvalue weighted by atomic mass is 79.9. The Kier molecular flexibility index (Phi) is 8.52. The molecule has 3 aromatic rings. The predicted molar refractivity (Wildman–Crippen MR) is 186 cm³/mol. The Hall–Kier alpha value is -3.01. The molecule has 1 heterocycles. The Morgan fingerprint density at radius 2 is 1.28 bits per heavy atom. The zero-order valence-corrected chi connectivity index (χ0v) is 30.6. The fraction of sp³-hybridized carbons (Fsp3) is 0.351. The third-order valence-corrected chi connectivity index (χ3v) is 11.5. The molecular formula is C37H37Br2NO5S. The van der Waals surface area contributed by atoms with E-state index in [9.17, 15) is 18.0 Å². The van der Waals surface area contributed by atoms with Gasteiger partial charge in [-0.2, -0.15) is 8.42 Å². The van der Waals surface area contributed by atoms with Gasteiger partial charge in [0.05, 0.1) is 8.95 Å². The van der Waals surface area contributed by atoms with Gasteiger partial charge in [-0.15, -0.1) is 0 Å². The summed E-state index contributed by atoms with van der Waals surface area (Å²) >= 11 is 7.14. The van der Waals surface area contributed by atoms with Gasteiger partial charge in [0, 0.05) is 47.8 Å². The Morgan fingerprint density at radius 1 is 0.783 bits per heavy atom. The molecule has 1 aliphatic heterocycles. The van der Waals surface area contributed by atoms with Gasteiger partial charge in [0.25, 0.3) is 0 Å². The molecule has 0 unspecified atom stereocenters. The van der Waals surface area contributed by atoms with Crippen LogP contribution < -0.4 is 4.18 Å². The molecule has 240 valence electrons. The van der Waals surface area contributed by atoms with Crippen molar-refractivity contribution in [2.24, 2.45) is 10.8 Å². The Bertz CT molecular complexity index is 1850. The highest BCUT2D eigenvalue weighted by molar-refractivity contribution is 9.11. The number of ketones is 2. The molecule has 0 spiro atoms. The first-order valence-corrected chi connectivity index (χ1v) is 18.4. The third kappa shape index (κ3) is 6.30. The normalized spacial score (nSPS) is 19.7. The van der Waals surface area contributed by atoms with Gasteiger partial charge in [-0.1, -0.05) is 75.7 Å². The Labute approximate surface area is 288 Å². The molecule has 6 rings (SSSR count). The van der Waals surface area contributed by atoms with Crippen LogP contribution in [-0.2, 0) is 26.3 Å². The van der Waals surface area contributed by atoms with E-state index in [2.05, 4.69) is 76.6 Å². The van der Waals surface area contributed by atoms with Gasteiger partial charge < -0.3 is 9.08 Å². The highest BCUT2D eigenvalue weighted by Gasteiger charge is 2.49. The molecule has 3 aliphatic rings. The minimum absolute atomic E-state index is 0.0352. The monoisotopic (exact) mass is 765 g/mol. The van der Waals surface area contributed by atoms with E-state index in [0.29, 0.717) is 52.3 Å². The minimum atomic E-state index is -4.12. The van der Waals surface area contributed by atoms with Crippen molar-refractivity contribution in [2.75, 3.05) is 0 Å². The van der Waals surface area contributed by atoms with E-state index in [-0.39, 0.29) is 33.0 Å². The quantitative estimate of drug-likeness (QED) is 0.233. The lowest BCUT2D eigenvalue weighted by Crippen LogP contribution is -2.44. The van der Waals surface area contributed by atoms with Crippen LogP contribution in [0.1, 0.15) is 76.0 Å². The summed E-state index contributed by atoms with van der Waals surface area (Å²) in [5, 5.41) is 0. The minimum Gasteiger partial charge on any atom is -0.377 e. The van der Waals surface area contributed by atoms with Crippen molar-refractivity contribution >= 4 is 53.5 Å². The van der Waals surface area contributed by atoms with E-state index in [1.165, 1.54) is 12.1 Å². The topological polar surface area (TPSA) is 80.8 Å². The molecule has 3 aromatic carbocycles. The molecule has 0 aromatic heterocycles. The number of hydrogen-bond donors (Lipinski definition) is 0. The van der Waals surface area contributed by atoms with Crippen LogP contribution in [0.2, 0.25) is 0 Å². The molecule has 2 aliphatic carbocycles. The highest BCUT2D eigenvalue weighted by Crippen LogP contribution is 2.55. The van der Waals surface area contributed by atoms with Gasteiger partial charge in [-0.3, -0.25) is 9.59 Å². The predicted octanol–water partition coefficient (Wildman–Crippen LogP) is 9.17. The number of carbonyl (C=O) groups excluding carboxylic acids is 2. The maximum absolute atomic E-state index is 14.2. The van der Waals surface area contributed by atoms with E-state index in [1.807, 2.05) is 25.1 Å². The standard InChI is InChI=1S/C37H37Br2NO5S/c1-22-11-13-25(14-12-22)46(43,44)45-35-26(38)15-24(16-27(35)39)32-33-28(17-36(2,3)19-30(33)41)40(21-23-9-7-6-8-10-23)29-18-37(4,5)20-31(42)34(29)32/h6-16,32H,17-21H2,1-5H3. The number of benzene rings is 3. The van der Waals surface area contributed by atoms with Gasteiger partial charge in [0.1, 0.15) is 4.90 Å². The summed E-state index contributed by atoms with van der Waals surface area (Å²) in [6.07, 6.45) is 2.15. The number of hydrogen-bond acceptors (Lipinski definition) is 6. The summed E-state index contributed by atoms with van der Waals surface area (Å²) in [5.41, 5.74) is 5.51. The smallest absolute Gasteiger partial charge is 0.339 e. The zero-order valence-electron chi connectivity index (χ0n) is 26.6. The molecule has 46 heavy (non-hydrogen) atoms. The zero-order chi connectivity index (χ0) is 33.2. The first-order chi connectivity index (χ1) is 21.6. The van der Waals surface area contributed by atoms with Crippen LogP contribution in [0, 0.1) is 17.8 Å². The Balaban J connectivity index is 1.51. The lowest BCUT2D eigenvalue weighted by atomic mass is 9.63. The summed E-state index contributed by atoms with van der Waals surface area (Å²) in [5.74, 6) is -0.415. The molecule has 9 heteroatoms. The molecule has 0 atom stereocenters. The van der Waals surface area contributed by atoms with E-state index in [1.54, 1.807) is 24.3 Å². The number of rotatable bonds is 6. The first-order valence-electron chi connectivity index (χ1n) is 15.4. The fourth-order valence-corrected chi connectivity index (χ4v) is 9.59. The molecule has 6 nitrogen and oxygen atoms in total. The molecule has 0 amide bonds. The average molecular weight is 768 g/mol. The van der Waals surface area contributed by atoms with Crippen molar-refractivity contribution < 1.29 is 22.2 Å². The summed E-state index contributed by atoms with van der Waals surface area (Å²) in [4.78, 5) is 30.7. The molecule has 0 saturated heterocycles. The van der Waals surface area contributed by atoms with Crippen LogP contribution in [-0.4, -0.2) is 24.9 Å². The van der Waals surface area contributed by atoms with Gasteiger partial charge in [0.15, 0.2) is 17.3 Å². The molecular weight excluding hydrogens is 730 g/mol. The molecule has 0 bridgehead atoms. The fourth-order valence-electron chi connectivity index (χ4n) is 7.03. The molecule has 0 fully saturated rings. The second-order valence-electron chi connectivity index (χ2n) is 14.3. The van der Waals surface area contributed by atoms with Crippen molar-refractivity contribution in [1.29, 1.82) is 0 Å². The molecule has 0 radical (unpaired) electrons. The lowest BCUT2D eigenvalue weighted by Gasteiger charge is -2.49. The van der Waals surface area contributed by atoms with Crippen molar-refractivity contribution in [2.45, 2.75) is 77.7 Å². The third-order valence-electron chi connectivity index (χ3n) is 9.06. The number of allylic oxidation sites excluding steroid dienone is 4. The van der Waals surface area contributed by atoms with Crippen LogP contribution in [0.3, 0.4) is 0 Å². The van der Waals surface area contributed by atoms with Gasteiger partial charge >= 0.3 is 10.1 Å². The van der Waals surface area contributed by atoms with Crippen LogP contribution >= 0.6 is 31.9 Å². The number of nitrogens with zero attached hydrogens (tertiary/aromatic N) is 1. The van der Waals surface area contributed by atoms with Crippen molar-refractivity contribution in [3.05, 3.63) is 115 Å². The Morgan fingerprint density at radius 3 is 1.78 bits per heavy atom. The molecule has 0 N–H and O–H groups in total. The summed E-state index contributed by atoms with van der Waals surface area (Å²) < 4.78 is 32.8. The van der Waals surface area contributed by atoms with E-state index >= 15 is 0 Å². The first kappa shape index (κ1) is 32.9. The van der Waals surface area contributed by atoms with E-state index < -0.39 is 16.0 Å². The van der Waals surface area contributed by atoms with Gasteiger partial charge in [0.2, 0.25) is 0 Å². The summed E-state index contributed by atoms with van der Waals surface area (Å²) in [7, 11) is -4.12. The summed E-state index contributed by atoms with van der Waals surface area (Å²) in [6, 6.07) is 20.2. The van der Waals surface area contributed by atoms with Crippen LogP contribution in [0.15, 0.2) is 103 Å². The largest absolute Gasteiger partial charge is 0.377 e. The number of carbonyl (C=O) groups is 2.